The number of nitrogens with zero attached hydrogens (tertiary/aromatic N) is 1. The molecule has 0 atom stereocenters. The molecule has 0 saturated carbocycles. The third-order valence-electron chi connectivity index (χ3n) is 3.67. The average molecular weight is 278 g/mol. The molecule has 0 aliphatic rings. The minimum Gasteiger partial charge on any atom is -0.300 e. The number of para-hydroxylation sites is 1. The van der Waals surface area contributed by atoms with Crippen molar-refractivity contribution >= 4 is 33.3 Å². The summed E-state index contributed by atoms with van der Waals surface area (Å²) in [5, 5.41) is 4.32. The molecule has 3 aromatic carbocycles. The van der Waals surface area contributed by atoms with Gasteiger partial charge < -0.3 is 0 Å². The van der Waals surface area contributed by atoms with Gasteiger partial charge in [0.2, 0.25) is 0 Å². The van der Waals surface area contributed by atoms with Crippen LogP contribution in [0.1, 0.15) is 0 Å². The average Bonchev–Trinajstić information content (AvgIpc) is 2.82. The molecular weight excluding hydrogens is 266 g/mol. The zero-order valence-corrected chi connectivity index (χ0v) is 11.5. The second-order valence-electron chi connectivity index (χ2n) is 4.86. The molecule has 0 saturated heterocycles. The Bertz CT molecular complexity index is 916. The topological polar surface area (TPSA) is 4.93 Å². The van der Waals surface area contributed by atoms with Gasteiger partial charge in [0.25, 0.3) is 0 Å². The monoisotopic (exact) mass is 277 g/mol. The van der Waals surface area contributed by atoms with Crippen molar-refractivity contribution in [1.29, 1.82) is 0 Å². The highest BCUT2D eigenvalue weighted by Crippen LogP contribution is 2.31. The molecule has 20 heavy (non-hydrogen) atoms. The van der Waals surface area contributed by atoms with E-state index < -0.39 is 0 Å². The van der Waals surface area contributed by atoms with Crippen LogP contribution in [0.25, 0.3) is 27.4 Å². The van der Waals surface area contributed by atoms with Crippen molar-refractivity contribution in [1.82, 2.24) is 4.57 Å². The second-order valence-corrected chi connectivity index (χ2v) is 5.25. The highest BCUT2D eigenvalue weighted by Gasteiger charge is 2.10. The lowest BCUT2D eigenvalue weighted by molar-refractivity contribution is 1.14. The van der Waals surface area contributed by atoms with Gasteiger partial charge in [0.1, 0.15) is 5.15 Å². The minimum absolute atomic E-state index is 0.738. The molecular formula is C18H12ClN. The first-order valence-corrected chi connectivity index (χ1v) is 6.96. The van der Waals surface area contributed by atoms with E-state index >= 15 is 0 Å². The molecule has 1 heterocycles. The summed E-state index contributed by atoms with van der Waals surface area (Å²) in [6.07, 6.45) is 0. The van der Waals surface area contributed by atoms with Crippen molar-refractivity contribution in [3.63, 3.8) is 0 Å². The van der Waals surface area contributed by atoms with Gasteiger partial charge in [-0.05, 0) is 23.6 Å². The zero-order chi connectivity index (χ0) is 13.5. The smallest absolute Gasteiger partial charge is 0.114 e. The fraction of sp³-hybridized carbons (Fsp3) is 0. The summed E-state index contributed by atoms with van der Waals surface area (Å²) in [7, 11) is 0. The summed E-state index contributed by atoms with van der Waals surface area (Å²) in [5.74, 6) is 0. The van der Waals surface area contributed by atoms with Crippen LogP contribution in [0.15, 0.2) is 72.8 Å². The number of hydrogen-bond donors (Lipinski definition) is 0. The van der Waals surface area contributed by atoms with Crippen LogP contribution in [-0.2, 0) is 0 Å². The largest absolute Gasteiger partial charge is 0.300 e. The summed E-state index contributed by atoms with van der Waals surface area (Å²) in [4.78, 5) is 0. The predicted octanol–water partition coefficient (Wildman–Crippen LogP) is 5.44. The highest BCUT2D eigenvalue weighted by molar-refractivity contribution is 6.31. The van der Waals surface area contributed by atoms with Crippen molar-refractivity contribution in [2.45, 2.75) is 0 Å². The third kappa shape index (κ3) is 1.64. The van der Waals surface area contributed by atoms with E-state index in [1.807, 2.05) is 18.2 Å². The first kappa shape index (κ1) is 11.6. The van der Waals surface area contributed by atoms with Crippen LogP contribution in [0.4, 0.5) is 0 Å². The molecule has 0 fully saturated rings. The second kappa shape index (κ2) is 4.39. The number of hydrogen-bond acceptors (Lipinski definition) is 0. The lowest BCUT2D eigenvalue weighted by Gasteiger charge is -2.11. The maximum absolute atomic E-state index is 6.47. The number of fused-ring (bicyclic) bond motifs is 2. The van der Waals surface area contributed by atoms with Crippen LogP contribution in [0, 0.1) is 0 Å². The summed E-state index contributed by atoms with van der Waals surface area (Å²) in [6.45, 7) is 0. The molecule has 0 N–H and O–H groups in total. The van der Waals surface area contributed by atoms with Crippen molar-refractivity contribution in [2.75, 3.05) is 0 Å². The van der Waals surface area contributed by atoms with E-state index in [1.165, 1.54) is 10.8 Å². The van der Waals surface area contributed by atoms with Crippen molar-refractivity contribution in [2.24, 2.45) is 0 Å². The molecule has 96 valence electrons. The van der Waals surface area contributed by atoms with Crippen LogP contribution in [-0.4, -0.2) is 4.57 Å². The predicted molar refractivity (Wildman–Crippen MR) is 85.8 cm³/mol. The lowest BCUT2D eigenvalue weighted by atomic mass is 10.1. The Hall–Kier alpha value is -2.25. The van der Waals surface area contributed by atoms with Gasteiger partial charge in [-0.2, -0.15) is 0 Å². The summed E-state index contributed by atoms with van der Waals surface area (Å²) >= 11 is 6.47. The van der Waals surface area contributed by atoms with E-state index in [4.69, 9.17) is 11.6 Å². The molecule has 4 rings (SSSR count). The highest BCUT2D eigenvalue weighted by atomic mass is 35.5. The Balaban J connectivity index is 2.14. The van der Waals surface area contributed by atoms with Crippen molar-refractivity contribution in [3.8, 4) is 5.69 Å². The molecule has 1 nitrogen and oxygen atoms in total. The van der Waals surface area contributed by atoms with Gasteiger partial charge >= 0.3 is 0 Å². The number of benzene rings is 3. The molecule has 0 aliphatic heterocycles. The van der Waals surface area contributed by atoms with E-state index in [0.29, 0.717) is 0 Å². The van der Waals surface area contributed by atoms with Gasteiger partial charge in [-0.3, -0.25) is 4.57 Å². The van der Waals surface area contributed by atoms with E-state index in [-0.39, 0.29) is 0 Å². The van der Waals surface area contributed by atoms with E-state index in [2.05, 4.69) is 59.2 Å². The summed E-state index contributed by atoms with van der Waals surface area (Å²) in [6, 6.07) is 25.0. The normalized spacial score (nSPS) is 11.2. The number of halogens is 1. The van der Waals surface area contributed by atoms with Gasteiger partial charge in [-0.25, -0.2) is 0 Å². The Labute approximate surface area is 122 Å². The molecule has 0 spiro atoms. The Morgan fingerprint density at radius 1 is 0.700 bits per heavy atom. The molecule has 0 bridgehead atoms. The number of aromatic nitrogens is 1. The van der Waals surface area contributed by atoms with Crippen LogP contribution in [0.5, 0.6) is 0 Å². The first-order chi connectivity index (χ1) is 9.84. The van der Waals surface area contributed by atoms with E-state index in [9.17, 15) is 0 Å². The quantitative estimate of drug-likeness (QED) is 0.437. The molecule has 1 aromatic heterocycles. The van der Waals surface area contributed by atoms with Gasteiger partial charge in [-0.1, -0.05) is 66.2 Å². The summed E-state index contributed by atoms with van der Waals surface area (Å²) in [5.41, 5.74) is 2.25. The van der Waals surface area contributed by atoms with Gasteiger partial charge in [0.15, 0.2) is 0 Å². The zero-order valence-electron chi connectivity index (χ0n) is 10.8. The molecule has 0 unspecified atom stereocenters. The molecule has 0 aliphatic carbocycles. The van der Waals surface area contributed by atoms with Gasteiger partial charge in [0, 0.05) is 10.8 Å². The van der Waals surface area contributed by atoms with Gasteiger partial charge in [0.05, 0.1) is 11.2 Å². The lowest BCUT2D eigenvalue weighted by Crippen LogP contribution is -1.94. The van der Waals surface area contributed by atoms with Gasteiger partial charge in [-0.15, -0.1) is 0 Å². The van der Waals surface area contributed by atoms with Crippen LogP contribution in [0.3, 0.4) is 0 Å². The molecule has 0 amide bonds. The Morgan fingerprint density at radius 2 is 1.40 bits per heavy atom. The van der Waals surface area contributed by atoms with Crippen LogP contribution >= 0.6 is 11.6 Å². The van der Waals surface area contributed by atoms with E-state index in [0.717, 1.165) is 21.7 Å². The van der Waals surface area contributed by atoms with Crippen molar-refractivity contribution in [3.05, 3.63) is 77.9 Å². The Morgan fingerprint density at radius 3 is 2.30 bits per heavy atom. The third-order valence-corrected chi connectivity index (χ3v) is 3.95. The SMILES string of the molecule is Clc1cc2ccccc2n1-c1cccc2ccccc12. The Kier molecular flexibility index (Phi) is 2.54. The molecule has 4 aromatic rings. The van der Waals surface area contributed by atoms with Crippen molar-refractivity contribution < 1.29 is 0 Å². The van der Waals surface area contributed by atoms with Crippen LogP contribution < -0.4 is 0 Å². The molecule has 2 heteroatoms. The fourth-order valence-electron chi connectivity index (χ4n) is 2.77. The molecule has 0 radical (unpaired) electrons. The maximum atomic E-state index is 6.47. The number of rotatable bonds is 1. The standard InChI is InChI=1S/C18H12ClN/c19-18-12-14-7-2-4-10-16(14)20(18)17-11-5-8-13-6-1-3-9-15(13)17/h1-12H. The van der Waals surface area contributed by atoms with E-state index in [1.54, 1.807) is 0 Å². The van der Waals surface area contributed by atoms with Crippen LogP contribution in [0.2, 0.25) is 5.15 Å². The summed E-state index contributed by atoms with van der Waals surface area (Å²) < 4.78 is 2.11. The maximum Gasteiger partial charge on any atom is 0.114 e. The first-order valence-electron chi connectivity index (χ1n) is 6.59. The minimum atomic E-state index is 0.738. The fourth-order valence-corrected chi connectivity index (χ4v) is 3.07.